The first-order valence-electron chi connectivity index (χ1n) is 8.89. The van der Waals surface area contributed by atoms with E-state index in [1.807, 2.05) is 48.9 Å². The number of aryl methyl sites for hydroxylation is 1. The van der Waals surface area contributed by atoms with Gasteiger partial charge in [-0.25, -0.2) is 15.0 Å². The van der Waals surface area contributed by atoms with Gasteiger partial charge in [0.25, 0.3) is 0 Å². The van der Waals surface area contributed by atoms with E-state index in [2.05, 4.69) is 42.0 Å². The zero-order chi connectivity index (χ0) is 18.3. The molecule has 1 aromatic carbocycles. The van der Waals surface area contributed by atoms with E-state index in [0.717, 1.165) is 24.2 Å². The summed E-state index contributed by atoms with van der Waals surface area (Å²) in [6, 6.07) is 16.3. The van der Waals surface area contributed by atoms with Gasteiger partial charge in [0, 0.05) is 43.1 Å². The minimum Gasteiger partial charge on any atom is -0.347 e. The fourth-order valence-corrected chi connectivity index (χ4v) is 2.96. The zero-order valence-electron chi connectivity index (χ0n) is 14.8. The molecule has 0 aliphatic carbocycles. The van der Waals surface area contributed by atoms with E-state index in [4.69, 9.17) is 0 Å². The van der Waals surface area contributed by atoms with Crippen LogP contribution in [-0.2, 0) is 6.54 Å². The maximum absolute atomic E-state index is 4.67. The van der Waals surface area contributed by atoms with Crippen molar-refractivity contribution in [2.45, 2.75) is 19.0 Å². The lowest BCUT2D eigenvalue weighted by atomic mass is 10.0. The van der Waals surface area contributed by atoms with Crippen molar-refractivity contribution in [2.75, 3.05) is 5.32 Å². The molecule has 6 nitrogen and oxygen atoms in total. The van der Waals surface area contributed by atoms with E-state index in [1.165, 1.54) is 5.56 Å². The Morgan fingerprint density at radius 3 is 2.63 bits per heavy atom. The van der Waals surface area contributed by atoms with Gasteiger partial charge in [0.05, 0.1) is 18.1 Å². The molecule has 0 spiro atoms. The number of imidazole rings is 1. The number of pyridine rings is 1. The molecule has 1 N–H and O–H groups in total. The third-order valence-electron chi connectivity index (χ3n) is 4.35. The number of benzene rings is 1. The van der Waals surface area contributed by atoms with Crippen molar-refractivity contribution >= 4 is 5.95 Å². The Labute approximate surface area is 158 Å². The van der Waals surface area contributed by atoms with Crippen molar-refractivity contribution in [1.29, 1.82) is 0 Å². The smallest absolute Gasteiger partial charge is 0.223 e. The summed E-state index contributed by atoms with van der Waals surface area (Å²) in [5.74, 6) is 0.607. The molecular weight excluding hydrogens is 336 g/mol. The Balaban J connectivity index is 1.56. The highest BCUT2D eigenvalue weighted by Crippen LogP contribution is 2.23. The van der Waals surface area contributed by atoms with Gasteiger partial charge in [0.1, 0.15) is 0 Å². The summed E-state index contributed by atoms with van der Waals surface area (Å²) in [5.41, 5.74) is 3.02. The molecule has 0 aliphatic rings. The molecule has 0 bridgehead atoms. The maximum atomic E-state index is 4.67. The van der Waals surface area contributed by atoms with Crippen LogP contribution in [0.25, 0.3) is 11.3 Å². The van der Waals surface area contributed by atoms with Crippen LogP contribution in [0.5, 0.6) is 0 Å². The molecule has 0 amide bonds. The first-order chi connectivity index (χ1) is 13.4. The maximum Gasteiger partial charge on any atom is 0.223 e. The quantitative estimate of drug-likeness (QED) is 0.542. The third kappa shape index (κ3) is 4.36. The molecule has 4 aromatic rings. The standard InChI is InChI=1S/C21H20N6/c1-2-5-17(6-3-1)20(9-13-27-14-12-23-16-27)26-21-24-11-8-19(25-21)18-7-4-10-22-15-18/h1-8,10-12,14-16,20H,9,13H2,(H,24,25,26)/t20-/m1/s1. The molecule has 0 saturated carbocycles. The van der Waals surface area contributed by atoms with Crippen molar-refractivity contribution < 1.29 is 0 Å². The summed E-state index contributed by atoms with van der Waals surface area (Å²) in [7, 11) is 0. The number of aromatic nitrogens is 5. The first kappa shape index (κ1) is 16.9. The molecule has 0 fully saturated rings. The largest absolute Gasteiger partial charge is 0.347 e. The molecule has 27 heavy (non-hydrogen) atoms. The molecular formula is C21H20N6. The van der Waals surface area contributed by atoms with E-state index in [-0.39, 0.29) is 6.04 Å². The highest BCUT2D eigenvalue weighted by molar-refractivity contribution is 5.58. The van der Waals surface area contributed by atoms with Crippen LogP contribution >= 0.6 is 0 Å². The van der Waals surface area contributed by atoms with Gasteiger partial charge in [-0.05, 0) is 30.2 Å². The molecule has 3 heterocycles. The van der Waals surface area contributed by atoms with Gasteiger partial charge in [-0.3, -0.25) is 4.98 Å². The van der Waals surface area contributed by atoms with Gasteiger partial charge >= 0.3 is 0 Å². The Morgan fingerprint density at radius 1 is 0.926 bits per heavy atom. The van der Waals surface area contributed by atoms with Gasteiger partial charge in [-0.15, -0.1) is 0 Å². The molecule has 0 aliphatic heterocycles. The van der Waals surface area contributed by atoms with Gasteiger partial charge < -0.3 is 9.88 Å². The lowest BCUT2D eigenvalue weighted by Gasteiger charge is -2.20. The van der Waals surface area contributed by atoms with Gasteiger partial charge in [-0.2, -0.15) is 0 Å². The lowest BCUT2D eigenvalue weighted by molar-refractivity contribution is 0.581. The minimum atomic E-state index is 0.0951. The summed E-state index contributed by atoms with van der Waals surface area (Å²) >= 11 is 0. The van der Waals surface area contributed by atoms with Crippen LogP contribution in [0.4, 0.5) is 5.95 Å². The predicted octanol–water partition coefficient (Wildman–Crippen LogP) is 3.98. The molecule has 1 atom stereocenters. The first-order valence-corrected chi connectivity index (χ1v) is 8.89. The molecule has 3 aromatic heterocycles. The SMILES string of the molecule is c1ccc([C@@H](CCn2ccnc2)Nc2nccc(-c3cccnc3)n2)cc1. The van der Waals surface area contributed by atoms with Crippen molar-refractivity contribution in [3.05, 3.63) is 91.4 Å². The summed E-state index contributed by atoms with van der Waals surface area (Å²) in [5, 5.41) is 3.49. The summed E-state index contributed by atoms with van der Waals surface area (Å²) in [4.78, 5) is 17.4. The number of nitrogens with zero attached hydrogens (tertiary/aromatic N) is 5. The van der Waals surface area contributed by atoms with Crippen LogP contribution in [0.1, 0.15) is 18.0 Å². The Bertz CT molecular complexity index is 954. The topological polar surface area (TPSA) is 68.5 Å². The summed E-state index contributed by atoms with van der Waals surface area (Å²) < 4.78 is 2.07. The average molecular weight is 356 g/mol. The molecule has 6 heteroatoms. The lowest BCUT2D eigenvalue weighted by Crippen LogP contribution is -2.15. The Hall–Kier alpha value is -3.54. The van der Waals surface area contributed by atoms with Crippen molar-refractivity contribution in [2.24, 2.45) is 0 Å². The van der Waals surface area contributed by atoms with Crippen LogP contribution in [0.15, 0.2) is 85.8 Å². The number of hydrogen-bond donors (Lipinski definition) is 1. The molecule has 0 saturated heterocycles. The van der Waals surface area contributed by atoms with Gasteiger partial charge in [-0.1, -0.05) is 30.3 Å². The third-order valence-corrected chi connectivity index (χ3v) is 4.35. The van der Waals surface area contributed by atoms with E-state index in [1.54, 1.807) is 24.8 Å². The van der Waals surface area contributed by atoms with Gasteiger partial charge in [0.2, 0.25) is 5.95 Å². The molecule has 134 valence electrons. The minimum absolute atomic E-state index is 0.0951. The van der Waals surface area contributed by atoms with E-state index in [9.17, 15) is 0 Å². The zero-order valence-corrected chi connectivity index (χ0v) is 14.8. The van der Waals surface area contributed by atoms with Crippen molar-refractivity contribution in [3.8, 4) is 11.3 Å². The van der Waals surface area contributed by atoms with Crippen LogP contribution in [0, 0.1) is 0 Å². The van der Waals surface area contributed by atoms with Crippen LogP contribution in [-0.4, -0.2) is 24.5 Å². The van der Waals surface area contributed by atoms with Crippen LogP contribution < -0.4 is 5.32 Å². The number of rotatable bonds is 7. The Kier molecular flexibility index (Phi) is 5.15. The second-order valence-electron chi connectivity index (χ2n) is 6.20. The fourth-order valence-electron chi connectivity index (χ4n) is 2.96. The Morgan fingerprint density at radius 2 is 1.85 bits per heavy atom. The highest BCUT2D eigenvalue weighted by atomic mass is 15.1. The second kappa shape index (κ2) is 8.23. The highest BCUT2D eigenvalue weighted by Gasteiger charge is 2.13. The van der Waals surface area contributed by atoms with E-state index in [0.29, 0.717) is 5.95 Å². The molecule has 4 rings (SSSR count). The van der Waals surface area contributed by atoms with Crippen molar-refractivity contribution in [1.82, 2.24) is 24.5 Å². The monoisotopic (exact) mass is 356 g/mol. The normalized spacial score (nSPS) is 11.9. The van der Waals surface area contributed by atoms with Crippen LogP contribution in [0.2, 0.25) is 0 Å². The number of anilines is 1. The summed E-state index contributed by atoms with van der Waals surface area (Å²) in [6.45, 7) is 0.856. The number of hydrogen-bond acceptors (Lipinski definition) is 5. The van der Waals surface area contributed by atoms with Crippen LogP contribution in [0.3, 0.4) is 0 Å². The van der Waals surface area contributed by atoms with Crippen molar-refractivity contribution in [3.63, 3.8) is 0 Å². The summed E-state index contributed by atoms with van der Waals surface area (Å²) in [6.07, 6.45) is 11.8. The molecule has 0 radical (unpaired) electrons. The average Bonchev–Trinajstić information content (AvgIpc) is 3.26. The fraction of sp³-hybridized carbons (Fsp3) is 0.143. The number of nitrogens with one attached hydrogen (secondary N) is 1. The van der Waals surface area contributed by atoms with Gasteiger partial charge in [0.15, 0.2) is 0 Å². The molecule has 0 unspecified atom stereocenters. The van der Waals surface area contributed by atoms with E-state index >= 15 is 0 Å². The second-order valence-corrected chi connectivity index (χ2v) is 6.20. The van der Waals surface area contributed by atoms with E-state index < -0.39 is 0 Å². The predicted molar refractivity (Wildman–Crippen MR) is 105 cm³/mol.